The SMILES string of the molecule is Cc1cc(C)c(S(=O)(=O)NCCCCN2CCOCC2)c(C)c1. The number of hydrogen-bond donors (Lipinski definition) is 1. The second kappa shape index (κ2) is 8.24. The average Bonchev–Trinajstić information content (AvgIpc) is 2.46. The highest BCUT2D eigenvalue weighted by Gasteiger charge is 2.19. The quantitative estimate of drug-likeness (QED) is 0.772. The van der Waals surface area contributed by atoms with Crippen LogP contribution in [-0.2, 0) is 14.8 Å². The van der Waals surface area contributed by atoms with Gasteiger partial charge >= 0.3 is 0 Å². The number of hydrogen-bond acceptors (Lipinski definition) is 4. The smallest absolute Gasteiger partial charge is 0.241 e. The zero-order valence-corrected chi connectivity index (χ0v) is 15.2. The van der Waals surface area contributed by atoms with E-state index in [0.29, 0.717) is 11.4 Å². The number of rotatable bonds is 7. The molecule has 0 aromatic heterocycles. The molecule has 1 N–H and O–H groups in total. The molecular formula is C17H28N2O3S. The first-order chi connectivity index (χ1) is 10.9. The molecule has 23 heavy (non-hydrogen) atoms. The number of aryl methyl sites for hydroxylation is 3. The molecule has 0 unspecified atom stereocenters. The zero-order chi connectivity index (χ0) is 16.9. The highest BCUT2D eigenvalue weighted by atomic mass is 32.2. The number of ether oxygens (including phenoxy) is 1. The largest absolute Gasteiger partial charge is 0.379 e. The van der Waals surface area contributed by atoms with Crippen LogP contribution in [0.15, 0.2) is 17.0 Å². The van der Waals surface area contributed by atoms with Crippen molar-refractivity contribution in [1.29, 1.82) is 0 Å². The number of benzene rings is 1. The van der Waals surface area contributed by atoms with Crippen molar-refractivity contribution in [2.75, 3.05) is 39.4 Å². The first kappa shape index (κ1) is 18.4. The van der Waals surface area contributed by atoms with Gasteiger partial charge in [0.15, 0.2) is 0 Å². The predicted molar refractivity (Wildman–Crippen MR) is 92.3 cm³/mol. The van der Waals surface area contributed by atoms with Crippen molar-refractivity contribution in [2.45, 2.75) is 38.5 Å². The Morgan fingerprint density at radius 2 is 1.70 bits per heavy atom. The summed E-state index contributed by atoms with van der Waals surface area (Å²) in [5, 5.41) is 0. The lowest BCUT2D eigenvalue weighted by Gasteiger charge is -2.26. The van der Waals surface area contributed by atoms with Gasteiger partial charge in [-0.1, -0.05) is 17.7 Å². The van der Waals surface area contributed by atoms with Gasteiger partial charge in [0.2, 0.25) is 10.0 Å². The van der Waals surface area contributed by atoms with Gasteiger partial charge in [-0.2, -0.15) is 0 Å². The number of unbranched alkanes of at least 4 members (excludes halogenated alkanes) is 1. The monoisotopic (exact) mass is 340 g/mol. The summed E-state index contributed by atoms with van der Waals surface area (Å²) in [6.07, 6.45) is 1.84. The molecule has 1 aliphatic rings. The fourth-order valence-corrected chi connectivity index (χ4v) is 4.68. The highest BCUT2D eigenvalue weighted by molar-refractivity contribution is 7.89. The summed E-state index contributed by atoms with van der Waals surface area (Å²) in [4.78, 5) is 2.79. The molecule has 0 radical (unpaired) electrons. The van der Waals surface area contributed by atoms with Crippen molar-refractivity contribution in [1.82, 2.24) is 9.62 Å². The lowest BCUT2D eigenvalue weighted by atomic mass is 10.1. The van der Waals surface area contributed by atoms with Gasteiger partial charge in [-0.25, -0.2) is 13.1 Å². The molecule has 1 fully saturated rings. The molecule has 1 aromatic rings. The fraction of sp³-hybridized carbons (Fsp3) is 0.647. The molecular weight excluding hydrogens is 312 g/mol. The number of sulfonamides is 1. The summed E-state index contributed by atoms with van der Waals surface area (Å²) in [6, 6.07) is 3.83. The van der Waals surface area contributed by atoms with Gasteiger partial charge in [-0.05, 0) is 51.3 Å². The van der Waals surface area contributed by atoms with Crippen LogP contribution in [0.2, 0.25) is 0 Å². The summed E-state index contributed by atoms with van der Waals surface area (Å²) in [5.74, 6) is 0. The van der Waals surface area contributed by atoms with Crippen LogP contribution in [0.1, 0.15) is 29.5 Å². The Bertz CT molecular complexity index is 600. The molecule has 1 aromatic carbocycles. The Hall–Kier alpha value is -0.950. The second-order valence-electron chi connectivity index (χ2n) is 6.29. The van der Waals surface area contributed by atoms with Crippen molar-refractivity contribution in [3.63, 3.8) is 0 Å². The molecule has 0 amide bonds. The van der Waals surface area contributed by atoms with Crippen LogP contribution in [0, 0.1) is 20.8 Å². The third-order valence-electron chi connectivity index (χ3n) is 4.17. The van der Waals surface area contributed by atoms with Gasteiger partial charge in [0.25, 0.3) is 0 Å². The molecule has 0 atom stereocenters. The minimum atomic E-state index is -3.43. The Kier molecular flexibility index (Phi) is 6.59. The summed E-state index contributed by atoms with van der Waals surface area (Å²) < 4.78 is 33.1. The first-order valence-corrected chi connectivity index (χ1v) is 9.76. The standard InChI is InChI=1S/C17H28N2O3S/c1-14-12-15(2)17(16(3)13-14)23(20,21)18-6-4-5-7-19-8-10-22-11-9-19/h12-13,18H,4-11H2,1-3H3. The average molecular weight is 340 g/mol. The van der Waals surface area contributed by atoms with Crippen LogP contribution in [0.3, 0.4) is 0 Å². The van der Waals surface area contributed by atoms with Crippen molar-refractivity contribution >= 4 is 10.0 Å². The van der Waals surface area contributed by atoms with Crippen molar-refractivity contribution in [3.8, 4) is 0 Å². The molecule has 1 heterocycles. The minimum absolute atomic E-state index is 0.427. The van der Waals surface area contributed by atoms with Gasteiger partial charge in [0, 0.05) is 19.6 Å². The second-order valence-corrected chi connectivity index (χ2v) is 7.99. The Balaban J connectivity index is 1.82. The summed E-state index contributed by atoms with van der Waals surface area (Å²) in [7, 11) is -3.43. The van der Waals surface area contributed by atoms with Gasteiger partial charge < -0.3 is 4.74 Å². The maximum atomic E-state index is 12.5. The van der Waals surface area contributed by atoms with E-state index in [0.717, 1.165) is 62.4 Å². The lowest BCUT2D eigenvalue weighted by Crippen LogP contribution is -2.37. The lowest BCUT2D eigenvalue weighted by molar-refractivity contribution is 0.0372. The molecule has 6 heteroatoms. The molecule has 0 spiro atoms. The normalized spacial score (nSPS) is 16.7. The topological polar surface area (TPSA) is 58.6 Å². The number of nitrogens with one attached hydrogen (secondary N) is 1. The first-order valence-electron chi connectivity index (χ1n) is 8.28. The van der Waals surface area contributed by atoms with E-state index in [4.69, 9.17) is 4.74 Å². The van der Waals surface area contributed by atoms with E-state index in [1.807, 2.05) is 32.9 Å². The van der Waals surface area contributed by atoms with E-state index in [2.05, 4.69) is 9.62 Å². The molecule has 2 rings (SSSR count). The zero-order valence-electron chi connectivity index (χ0n) is 14.4. The third kappa shape index (κ3) is 5.28. The van der Waals surface area contributed by atoms with E-state index in [-0.39, 0.29) is 0 Å². The molecule has 1 saturated heterocycles. The fourth-order valence-electron chi connectivity index (χ4n) is 3.15. The Morgan fingerprint density at radius 1 is 1.09 bits per heavy atom. The van der Waals surface area contributed by atoms with E-state index in [1.165, 1.54) is 0 Å². The van der Waals surface area contributed by atoms with Crippen LogP contribution in [-0.4, -0.2) is 52.7 Å². The predicted octanol–water partition coefficient (Wildman–Crippen LogP) is 2.00. The maximum Gasteiger partial charge on any atom is 0.241 e. The third-order valence-corrected chi connectivity index (χ3v) is 5.94. The van der Waals surface area contributed by atoms with E-state index < -0.39 is 10.0 Å². The van der Waals surface area contributed by atoms with Crippen LogP contribution in [0.25, 0.3) is 0 Å². The van der Waals surface area contributed by atoms with Crippen LogP contribution in [0.5, 0.6) is 0 Å². The number of nitrogens with zero attached hydrogens (tertiary/aromatic N) is 1. The molecule has 130 valence electrons. The minimum Gasteiger partial charge on any atom is -0.379 e. The van der Waals surface area contributed by atoms with E-state index >= 15 is 0 Å². The van der Waals surface area contributed by atoms with Gasteiger partial charge in [0.1, 0.15) is 0 Å². The molecule has 1 aliphatic heterocycles. The molecule has 0 bridgehead atoms. The van der Waals surface area contributed by atoms with Crippen molar-refractivity contribution < 1.29 is 13.2 Å². The van der Waals surface area contributed by atoms with Crippen molar-refractivity contribution in [2.24, 2.45) is 0 Å². The summed E-state index contributed by atoms with van der Waals surface area (Å²) in [6.45, 7) is 10.8. The number of morpholine rings is 1. The summed E-state index contributed by atoms with van der Waals surface area (Å²) in [5.41, 5.74) is 2.70. The maximum absolute atomic E-state index is 12.5. The molecule has 0 aliphatic carbocycles. The van der Waals surface area contributed by atoms with Gasteiger partial charge in [-0.15, -0.1) is 0 Å². The molecule has 0 saturated carbocycles. The van der Waals surface area contributed by atoms with E-state index in [1.54, 1.807) is 0 Å². The summed E-state index contributed by atoms with van der Waals surface area (Å²) >= 11 is 0. The van der Waals surface area contributed by atoms with Crippen LogP contribution in [0.4, 0.5) is 0 Å². The van der Waals surface area contributed by atoms with Crippen molar-refractivity contribution in [3.05, 3.63) is 28.8 Å². The Labute approximate surface area is 140 Å². The van der Waals surface area contributed by atoms with E-state index in [9.17, 15) is 8.42 Å². The van der Waals surface area contributed by atoms with Crippen LogP contribution < -0.4 is 4.72 Å². The van der Waals surface area contributed by atoms with Gasteiger partial charge in [0.05, 0.1) is 18.1 Å². The molecule has 5 nitrogen and oxygen atoms in total. The Morgan fingerprint density at radius 3 is 2.30 bits per heavy atom. The van der Waals surface area contributed by atoms with Gasteiger partial charge in [-0.3, -0.25) is 4.90 Å². The van der Waals surface area contributed by atoms with Crippen LogP contribution >= 0.6 is 0 Å². The highest BCUT2D eigenvalue weighted by Crippen LogP contribution is 2.21.